The van der Waals surface area contributed by atoms with Crippen LogP contribution in [0.25, 0.3) is 0 Å². The number of aliphatic hydroxyl groups excluding tert-OH is 1. The first-order valence-electron chi connectivity index (χ1n) is 5.45. The number of nitrogens with one attached hydrogen (secondary N) is 1. The van der Waals surface area contributed by atoms with E-state index in [0.29, 0.717) is 6.54 Å². The van der Waals surface area contributed by atoms with Gasteiger partial charge in [0.25, 0.3) is 0 Å². The van der Waals surface area contributed by atoms with E-state index in [1.165, 1.54) is 23.6 Å². The van der Waals surface area contributed by atoms with Gasteiger partial charge in [0, 0.05) is 6.54 Å². The van der Waals surface area contributed by atoms with Gasteiger partial charge in [0.05, 0.1) is 0 Å². The Balaban J connectivity index is 2.76. The molecule has 0 aromatic heterocycles. The Hall–Kier alpha value is -1.35. The molecule has 0 heterocycles. The molecular formula is C13H19NO2. The molecule has 3 nitrogen and oxygen atoms in total. The van der Waals surface area contributed by atoms with Crippen LogP contribution in [-0.4, -0.2) is 17.1 Å². The van der Waals surface area contributed by atoms with Gasteiger partial charge in [-0.2, -0.15) is 0 Å². The SMILES string of the molecule is Cc1ccc(CNC(=O)C(C)O)c(C)c1C. The molecule has 0 fully saturated rings. The zero-order valence-electron chi connectivity index (χ0n) is 10.3. The van der Waals surface area contributed by atoms with Crippen molar-refractivity contribution in [2.24, 2.45) is 0 Å². The monoisotopic (exact) mass is 221 g/mol. The van der Waals surface area contributed by atoms with E-state index in [-0.39, 0.29) is 5.91 Å². The van der Waals surface area contributed by atoms with Crippen LogP contribution in [0.15, 0.2) is 12.1 Å². The number of hydrogen-bond acceptors (Lipinski definition) is 2. The number of aliphatic hydroxyl groups is 1. The lowest BCUT2D eigenvalue weighted by atomic mass is 9.99. The van der Waals surface area contributed by atoms with Gasteiger partial charge >= 0.3 is 0 Å². The van der Waals surface area contributed by atoms with E-state index in [1.54, 1.807) is 0 Å². The fourth-order valence-corrected chi connectivity index (χ4v) is 1.53. The van der Waals surface area contributed by atoms with E-state index in [4.69, 9.17) is 5.11 Å². The predicted molar refractivity (Wildman–Crippen MR) is 64.2 cm³/mol. The minimum absolute atomic E-state index is 0.336. The molecule has 1 amide bonds. The molecule has 16 heavy (non-hydrogen) atoms. The Bertz CT molecular complexity index is 397. The smallest absolute Gasteiger partial charge is 0.248 e. The third-order valence-electron chi connectivity index (χ3n) is 3.00. The average Bonchev–Trinajstić information content (AvgIpc) is 2.24. The van der Waals surface area contributed by atoms with Crippen LogP contribution in [0.5, 0.6) is 0 Å². The zero-order valence-corrected chi connectivity index (χ0v) is 10.3. The summed E-state index contributed by atoms with van der Waals surface area (Å²) in [6.07, 6.45) is -0.952. The summed E-state index contributed by atoms with van der Waals surface area (Å²) in [5.74, 6) is -0.336. The average molecular weight is 221 g/mol. The molecule has 0 spiro atoms. The van der Waals surface area contributed by atoms with Gasteiger partial charge in [0.15, 0.2) is 0 Å². The van der Waals surface area contributed by atoms with Crippen LogP contribution < -0.4 is 5.32 Å². The molecule has 0 radical (unpaired) electrons. The van der Waals surface area contributed by atoms with E-state index < -0.39 is 6.10 Å². The second kappa shape index (κ2) is 5.12. The van der Waals surface area contributed by atoms with Crippen LogP contribution in [0.1, 0.15) is 29.2 Å². The molecule has 1 rings (SSSR count). The Kier molecular flexibility index (Phi) is 4.07. The van der Waals surface area contributed by atoms with Crippen LogP contribution in [-0.2, 0) is 11.3 Å². The summed E-state index contributed by atoms with van der Waals surface area (Å²) in [6, 6.07) is 4.06. The van der Waals surface area contributed by atoms with Gasteiger partial charge in [-0.1, -0.05) is 12.1 Å². The van der Waals surface area contributed by atoms with Crippen molar-refractivity contribution < 1.29 is 9.90 Å². The number of carbonyl (C=O) groups excluding carboxylic acids is 1. The molecular weight excluding hydrogens is 202 g/mol. The molecule has 0 aliphatic rings. The lowest BCUT2D eigenvalue weighted by molar-refractivity contribution is -0.128. The van der Waals surface area contributed by atoms with Gasteiger partial charge in [0.1, 0.15) is 6.10 Å². The number of carbonyl (C=O) groups is 1. The number of benzene rings is 1. The minimum atomic E-state index is -0.952. The van der Waals surface area contributed by atoms with Gasteiger partial charge in [-0.15, -0.1) is 0 Å². The van der Waals surface area contributed by atoms with Crippen molar-refractivity contribution in [3.63, 3.8) is 0 Å². The standard InChI is InChI=1S/C13H19NO2/c1-8-5-6-12(10(3)9(8)2)7-14-13(16)11(4)15/h5-6,11,15H,7H2,1-4H3,(H,14,16). The van der Waals surface area contributed by atoms with Gasteiger partial charge < -0.3 is 10.4 Å². The van der Waals surface area contributed by atoms with Crippen molar-refractivity contribution in [1.29, 1.82) is 0 Å². The summed E-state index contributed by atoms with van der Waals surface area (Å²) in [7, 11) is 0. The molecule has 1 unspecified atom stereocenters. The van der Waals surface area contributed by atoms with Crippen LogP contribution >= 0.6 is 0 Å². The van der Waals surface area contributed by atoms with E-state index in [0.717, 1.165) is 5.56 Å². The molecule has 1 atom stereocenters. The first kappa shape index (κ1) is 12.7. The number of rotatable bonds is 3. The summed E-state index contributed by atoms with van der Waals surface area (Å²) in [6.45, 7) is 8.12. The number of amides is 1. The summed E-state index contributed by atoms with van der Waals surface area (Å²) >= 11 is 0. The highest BCUT2D eigenvalue weighted by molar-refractivity contribution is 5.79. The molecule has 0 saturated carbocycles. The highest BCUT2D eigenvalue weighted by atomic mass is 16.3. The third-order valence-corrected chi connectivity index (χ3v) is 3.00. The second-order valence-corrected chi connectivity index (χ2v) is 4.19. The van der Waals surface area contributed by atoms with Crippen molar-refractivity contribution in [2.45, 2.75) is 40.3 Å². The van der Waals surface area contributed by atoms with Crippen LogP contribution in [0.3, 0.4) is 0 Å². The van der Waals surface area contributed by atoms with Crippen molar-refractivity contribution in [1.82, 2.24) is 5.32 Å². The maximum Gasteiger partial charge on any atom is 0.248 e. The van der Waals surface area contributed by atoms with Crippen molar-refractivity contribution in [3.05, 3.63) is 34.4 Å². The highest BCUT2D eigenvalue weighted by Crippen LogP contribution is 2.16. The Morgan fingerprint density at radius 1 is 1.31 bits per heavy atom. The molecule has 0 aliphatic heterocycles. The van der Waals surface area contributed by atoms with Gasteiger partial charge in [0.2, 0.25) is 5.91 Å². The maximum atomic E-state index is 11.2. The molecule has 2 N–H and O–H groups in total. The third kappa shape index (κ3) is 2.83. The predicted octanol–water partition coefficient (Wildman–Crippen LogP) is 1.61. The molecule has 1 aromatic carbocycles. The fraction of sp³-hybridized carbons (Fsp3) is 0.462. The molecule has 1 aromatic rings. The van der Waals surface area contributed by atoms with Gasteiger partial charge in [-0.25, -0.2) is 0 Å². The molecule has 3 heteroatoms. The first-order valence-corrected chi connectivity index (χ1v) is 5.45. The molecule has 0 saturated heterocycles. The maximum absolute atomic E-state index is 11.2. The number of aryl methyl sites for hydroxylation is 1. The summed E-state index contributed by atoms with van der Waals surface area (Å²) in [5, 5.41) is 11.8. The summed E-state index contributed by atoms with van der Waals surface area (Å²) in [4.78, 5) is 11.2. The van der Waals surface area contributed by atoms with E-state index in [2.05, 4.69) is 19.2 Å². The fourth-order valence-electron chi connectivity index (χ4n) is 1.53. The van der Waals surface area contributed by atoms with Crippen molar-refractivity contribution >= 4 is 5.91 Å². The Labute approximate surface area is 96.5 Å². The first-order chi connectivity index (χ1) is 7.43. The molecule has 88 valence electrons. The molecule has 0 aliphatic carbocycles. The normalized spacial score (nSPS) is 12.3. The Morgan fingerprint density at radius 2 is 1.94 bits per heavy atom. The zero-order chi connectivity index (χ0) is 12.3. The minimum Gasteiger partial charge on any atom is -0.384 e. The van der Waals surface area contributed by atoms with Crippen LogP contribution in [0.2, 0.25) is 0 Å². The molecule has 0 bridgehead atoms. The number of hydrogen-bond donors (Lipinski definition) is 2. The van der Waals surface area contributed by atoms with Gasteiger partial charge in [-0.05, 0) is 49.9 Å². The van der Waals surface area contributed by atoms with Crippen molar-refractivity contribution in [3.8, 4) is 0 Å². The van der Waals surface area contributed by atoms with E-state index in [1.807, 2.05) is 19.1 Å². The van der Waals surface area contributed by atoms with Gasteiger partial charge in [-0.3, -0.25) is 4.79 Å². The second-order valence-electron chi connectivity index (χ2n) is 4.19. The van der Waals surface area contributed by atoms with E-state index >= 15 is 0 Å². The summed E-state index contributed by atoms with van der Waals surface area (Å²) < 4.78 is 0. The lowest BCUT2D eigenvalue weighted by Crippen LogP contribution is -2.32. The quantitative estimate of drug-likeness (QED) is 0.814. The lowest BCUT2D eigenvalue weighted by Gasteiger charge is -2.12. The summed E-state index contributed by atoms with van der Waals surface area (Å²) in [5.41, 5.74) is 4.80. The van der Waals surface area contributed by atoms with Crippen LogP contribution in [0, 0.1) is 20.8 Å². The Morgan fingerprint density at radius 3 is 2.50 bits per heavy atom. The highest BCUT2D eigenvalue weighted by Gasteiger charge is 2.09. The van der Waals surface area contributed by atoms with E-state index in [9.17, 15) is 4.79 Å². The topological polar surface area (TPSA) is 49.3 Å². The van der Waals surface area contributed by atoms with Crippen LogP contribution in [0.4, 0.5) is 0 Å². The van der Waals surface area contributed by atoms with Crippen molar-refractivity contribution in [2.75, 3.05) is 0 Å². The largest absolute Gasteiger partial charge is 0.384 e.